The van der Waals surface area contributed by atoms with Crippen molar-refractivity contribution in [2.24, 2.45) is 0 Å². The van der Waals surface area contributed by atoms with Gasteiger partial charge in [0, 0.05) is 7.11 Å². The van der Waals surface area contributed by atoms with E-state index >= 15 is 0 Å². The van der Waals surface area contributed by atoms with E-state index in [2.05, 4.69) is 29.6 Å². The molecule has 0 N–H and O–H groups in total. The van der Waals surface area contributed by atoms with E-state index in [1.165, 1.54) is 0 Å². The van der Waals surface area contributed by atoms with Gasteiger partial charge in [0.05, 0.1) is 18.7 Å². The second kappa shape index (κ2) is 8.29. The Morgan fingerprint density at radius 1 is 1.41 bits per heavy atom. The highest BCUT2D eigenvalue weighted by molar-refractivity contribution is 7.80. The first kappa shape index (κ1) is 17.0. The second-order valence-electron chi connectivity index (χ2n) is 5.23. The van der Waals surface area contributed by atoms with Crippen LogP contribution in [0.2, 0.25) is 0 Å². The molecule has 0 aliphatic carbocycles. The number of ether oxygens (including phenoxy) is 1. The van der Waals surface area contributed by atoms with Crippen LogP contribution < -0.4 is 0 Å². The summed E-state index contributed by atoms with van der Waals surface area (Å²) < 4.78 is 21.0. The van der Waals surface area contributed by atoms with Crippen LogP contribution in [-0.2, 0) is 11.3 Å². The van der Waals surface area contributed by atoms with Crippen molar-refractivity contribution < 1.29 is 9.13 Å². The number of halogens is 1. The lowest BCUT2D eigenvalue weighted by atomic mass is 9.95. The van der Waals surface area contributed by atoms with Crippen molar-refractivity contribution >= 4 is 12.6 Å². The number of rotatable bonds is 8. The molecule has 0 saturated heterocycles. The van der Waals surface area contributed by atoms with Crippen molar-refractivity contribution in [3.8, 4) is 11.4 Å². The number of thiol groups is 1. The minimum absolute atomic E-state index is 0.282. The van der Waals surface area contributed by atoms with Gasteiger partial charge in [-0.05, 0) is 35.8 Å². The Labute approximate surface area is 136 Å². The molecule has 0 amide bonds. The van der Waals surface area contributed by atoms with Crippen LogP contribution in [0.3, 0.4) is 0 Å². The largest absolute Gasteiger partial charge is 0.383 e. The van der Waals surface area contributed by atoms with Gasteiger partial charge < -0.3 is 4.74 Å². The smallest absolute Gasteiger partial charge is 0.184 e. The Morgan fingerprint density at radius 2 is 2.23 bits per heavy atom. The number of hydrogen-bond donors (Lipinski definition) is 1. The lowest BCUT2D eigenvalue weighted by Crippen LogP contribution is -2.05. The highest BCUT2D eigenvalue weighted by Gasteiger charge is 2.14. The Kier molecular flexibility index (Phi) is 6.39. The van der Waals surface area contributed by atoms with Gasteiger partial charge in [-0.1, -0.05) is 19.4 Å². The molecule has 0 fully saturated rings. The highest BCUT2D eigenvalue weighted by atomic mass is 32.1. The number of benzene rings is 1. The summed E-state index contributed by atoms with van der Waals surface area (Å²) in [5, 5.41) is 4.28. The lowest BCUT2D eigenvalue weighted by Gasteiger charge is -2.14. The Bertz CT molecular complexity index is 603. The average molecular weight is 323 g/mol. The monoisotopic (exact) mass is 323 g/mol. The van der Waals surface area contributed by atoms with Gasteiger partial charge in [-0.2, -0.15) is 17.7 Å². The van der Waals surface area contributed by atoms with Gasteiger partial charge in [0.15, 0.2) is 5.82 Å². The van der Waals surface area contributed by atoms with Gasteiger partial charge >= 0.3 is 0 Å². The van der Waals surface area contributed by atoms with E-state index in [0.717, 1.165) is 24.2 Å². The molecule has 2 rings (SSSR count). The van der Waals surface area contributed by atoms with Gasteiger partial charge in [-0.25, -0.2) is 9.37 Å². The van der Waals surface area contributed by atoms with Gasteiger partial charge in [0.2, 0.25) is 0 Å². The van der Waals surface area contributed by atoms with Gasteiger partial charge in [0.25, 0.3) is 0 Å². The summed E-state index contributed by atoms with van der Waals surface area (Å²) >= 11 is 4.36. The number of aromatic nitrogens is 3. The summed E-state index contributed by atoms with van der Waals surface area (Å²) in [7, 11) is 1.63. The van der Waals surface area contributed by atoms with Crippen LogP contribution in [0.4, 0.5) is 4.39 Å². The zero-order valence-corrected chi connectivity index (χ0v) is 13.9. The standard InChI is InChI=1S/C16H22FN3OS/c1-3-4-13(10-22)12-5-6-14(15(17)9-12)16-18-11-20(19-16)7-8-21-2/h5-6,9,11,13,22H,3-4,7-8,10H2,1-2H3. The van der Waals surface area contributed by atoms with Crippen molar-refractivity contribution in [1.82, 2.24) is 14.8 Å². The number of hydrogen-bond acceptors (Lipinski definition) is 4. The summed E-state index contributed by atoms with van der Waals surface area (Å²) in [6, 6.07) is 5.29. The zero-order chi connectivity index (χ0) is 15.9. The predicted octanol–water partition coefficient (Wildman–Crippen LogP) is 3.54. The summed E-state index contributed by atoms with van der Waals surface area (Å²) in [6.07, 6.45) is 3.65. The minimum atomic E-state index is -0.287. The van der Waals surface area contributed by atoms with E-state index in [4.69, 9.17) is 4.74 Å². The quantitative estimate of drug-likeness (QED) is 0.755. The molecule has 0 radical (unpaired) electrons. The Morgan fingerprint density at radius 3 is 2.86 bits per heavy atom. The van der Waals surface area contributed by atoms with Crippen LogP contribution in [0, 0.1) is 5.82 Å². The molecule has 0 saturated carbocycles. The summed E-state index contributed by atoms with van der Waals surface area (Å²) in [5.41, 5.74) is 1.41. The first-order chi connectivity index (χ1) is 10.7. The average Bonchev–Trinajstić information content (AvgIpc) is 2.99. The molecular weight excluding hydrogens is 301 g/mol. The molecule has 1 heterocycles. The molecule has 1 unspecified atom stereocenters. The minimum Gasteiger partial charge on any atom is -0.383 e. The van der Waals surface area contributed by atoms with Crippen LogP contribution in [0.5, 0.6) is 0 Å². The first-order valence-electron chi connectivity index (χ1n) is 7.48. The normalized spacial score (nSPS) is 12.5. The molecule has 120 valence electrons. The van der Waals surface area contributed by atoms with Crippen molar-refractivity contribution in [2.75, 3.05) is 19.5 Å². The summed E-state index contributed by atoms with van der Waals surface area (Å²) in [5.74, 6) is 1.11. The topological polar surface area (TPSA) is 39.9 Å². The third-order valence-electron chi connectivity index (χ3n) is 3.62. The number of methoxy groups -OCH3 is 1. The van der Waals surface area contributed by atoms with Crippen LogP contribution in [-0.4, -0.2) is 34.2 Å². The fraction of sp³-hybridized carbons (Fsp3) is 0.500. The van der Waals surface area contributed by atoms with Crippen LogP contribution in [0.15, 0.2) is 24.5 Å². The predicted molar refractivity (Wildman–Crippen MR) is 88.8 cm³/mol. The molecule has 1 aromatic carbocycles. The molecule has 0 aliphatic rings. The van der Waals surface area contributed by atoms with Gasteiger partial charge in [-0.15, -0.1) is 0 Å². The van der Waals surface area contributed by atoms with Crippen LogP contribution >= 0.6 is 12.6 Å². The first-order valence-corrected chi connectivity index (χ1v) is 8.11. The molecule has 0 bridgehead atoms. The van der Waals surface area contributed by atoms with E-state index in [1.807, 2.05) is 6.07 Å². The lowest BCUT2D eigenvalue weighted by molar-refractivity contribution is 0.183. The molecule has 0 spiro atoms. The maximum Gasteiger partial charge on any atom is 0.184 e. The van der Waals surface area contributed by atoms with E-state index in [9.17, 15) is 4.39 Å². The molecule has 1 aromatic heterocycles. The Hall–Kier alpha value is -1.40. The Balaban J connectivity index is 2.20. The molecule has 0 aliphatic heterocycles. The van der Waals surface area contributed by atoms with Crippen molar-refractivity contribution in [2.45, 2.75) is 32.2 Å². The summed E-state index contributed by atoms with van der Waals surface area (Å²) in [6.45, 7) is 3.27. The van der Waals surface area contributed by atoms with E-state index in [1.54, 1.807) is 30.3 Å². The maximum absolute atomic E-state index is 14.4. The molecule has 6 heteroatoms. The third kappa shape index (κ3) is 4.08. The van der Waals surface area contributed by atoms with Crippen LogP contribution in [0.25, 0.3) is 11.4 Å². The fourth-order valence-corrected chi connectivity index (χ4v) is 2.78. The van der Waals surface area contributed by atoms with E-state index in [-0.39, 0.29) is 11.7 Å². The van der Waals surface area contributed by atoms with Crippen molar-refractivity contribution in [1.29, 1.82) is 0 Å². The van der Waals surface area contributed by atoms with Crippen LogP contribution in [0.1, 0.15) is 31.2 Å². The molecule has 22 heavy (non-hydrogen) atoms. The van der Waals surface area contributed by atoms with Crippen molar-refractivity contribution in [3.05, 3.63) is 35.9 Å². The summed E-state index contributed by atoms with van der Waals surface area (Å²) in [4.78, 5) is 4.17. The molecular formula is C16H22FN3OS. The highest BCUT2D eigenvalue weighted by Crippen LogP contribution is 2.27. The number of nitrogens with zero attached hydrogens (tertiary/aromatic N) is 3. The van der Waals surface area contributed by atoms with Gasteiger partial charge in [-0.3, -0.25) is 4.68 Å². The van der Waals surface area contributed by atoms with Crippen molar-refractivity contribution in [3.63, 3.8) is 0 Å². The zero-order valence-electron chi connectivity index (χ0n) is 13.0. The molecule has 1 atom stereocenters. The SMILES string of the molecule is CCCC(CS)c1ccc(-c2ncn(CCOC)n2)c(F)c1. The fourth-order valence-electron chi connectivity index (χ4n) is 2.39. The molecule has 2 aromatic rings. The third-order valence-corrected chi connectivity index (χ3v) is 4.06. The molecule has 4 nitrogen and oxygen atoms in total. The maximum atomic E-state index is 14.4. The van der Waals surface area contributed by atoms with E-state index < -0.39 is 0 Å². The second-order valence-corrected chi connectivity index (χ2v) is 5.60. The van der Waals surface area contributed by atoms with Gasteiger partial charge in [0.1, 0.15) is 12.1 Å². The van der Waals surface area contributed by atoms with E-state index in [0.29, 0.717) is 24.5 Å².